The van der Waals surface area contributed by atoms with Crippen molar-refractivity contribution in [2.24, 2.45) is 5.92 Å². The number of nitrogens with one attached hydrogen (secondary N) is 1. The van der Waals surface area contributed by atoms with Gasteiger partial charge in [0.15, 0.2) is 6.61 Å². The number of ether oxygens (including phenoxy) is 1. The van der Waals surface area contributed by atoms with Crippen LogP contribution in [0.3, 0.4) is 0 Å². The standard InChI is InChI=1S/C25H28N2O4/c1-16-7-5-12-22(17(16)2)27-14-19(13-24(27)29)25(30)31-15-23(28)26-21-11-6-9-18-8-3-4-10-20(18)21/h3-5,7-8,10,12,19,21H,6,9,11,13-15H2,1-2H3,(H,26,28)/t19-,21+/m1/s1. The molecule has 1 saturated heterocycles. The van der Waals surface area contributed by atoms with Crippen molar-refractivity contribution in [3.8, 4) is 0 Å². The molecule has 1 fully saturated rings. The summed E-state index contributed by atoms with van der Waals surface area (Å²) in [5, 5.41) is 2.98. The fraction of sp³-hybridized carbons (Fsp3) is 0.400. The highest BCUT2D eigenvalue weighted by atomic mass is 16.5. The van der Waals surface area contributed by atoms with Crippen molar-refractivity contribution in [2.45, 2.75) is 45.6 Å². The van der Waals surface area contributed by atoms with Crippen LogP contribution in [0.25, 0.3) is 0 Å². The molecular weight excluding hydrogens is 392 g/mol. The van der Waals surface area contributed by atoms with Gasteiger partial charge in [0, 0.05) is 18.7 Å². The van der Waals surface area contributed by atoms with Gasteiger partial charge in [-0.05, 0) is 61.4 Å². The van der Waals surface area contributed by atoms with Gasteiger partial charge in [0.1, 0.15) is 0 Å². The normalized spacial score (nSPS) is 20.3. The Labute approximate surface area is 182 Å². The van der Waals surface area contributed by atoms with Crippen LogP contribution in [-0.4, -0.2) is 30.9 Å². The van der Waals surface area contributed by atoms with Crippen LogP contribution >= 0.6 is 0 Å². The van der Waals surface area contributed by atoms with Gasteiger partial charge < -0.3 is 15.0 Å². The van der Waals surface area contributed by atoms with Crippen molar-refractivity contribution in [3.63, 3.8) is 0 Å². The minimum absolute atomic E-state index is 0.0519. The summed E-state index contributed by atoms with van der Waals surface area (Å²) in [5.41, 5.74) is 5.34. The molecule has 4 rings (SSSR count). The molecule has 1 N–H and O–H groups in total. The predicted molar refractivity (Wildman–Crippen MR) is 118 cm³/mol. The minimum Gasteiger partial charge on any atom is -0.455 e. The second-order valence-corrected chi connectivity index (χ2v) is 8.44. The number of amides is 2. The van der Waals surface area contributed by atoms with Gasteiger partial charge in [-0.15, -0.1) is 0 Å². The second-order valence-electron chi connectivity index (χ2n) is 8.44. The lowest BCUT2D eigenvalue weighted by Gasteiger charge is -2.26. The van der Waals surface area contributed by atoms with Crippen LogP contribution in [0, 0.1) is 19.8 Å². The summed E-state index contributed by atoms with van der Waals surface area (Å²) < 4.78 is 5.27. The molecule has 6 nitrogen and oxygen atoms in total. The first-order chi connectivity index (χ1) is 14.9. The molecular formula is C25H28N2O4. The summed E-state index contributed by atoms with van der Waals surface area (Å²) in [6, 6.07) is 13.9. The zero-order valence-corrected chi connectivity index (χ0v) is 18.0. The summed E-state index contributed by atoms with van der Waals surface area (Å²) in [5.74, 6) is -1.47. The lowest BCUT2D eigenvalue weighted by molar-refractivity contribution is -0.152. The van der Waals surface area contributed by atoms with E-state index in [0.29, 0.717) is 0 Å². The number of fused-ring (bicyclic) bond motifs is 1. The zero-order valence-electron chi connectivity index (χ0n) is 18.0. The fourth-order valence-corrected chi connectivity index (χ4v) is 4.52. The third kappa shape index (κ3) is 4.48. The maximum Gasteiger partial charge on any atom is 0.311 e. The first-order valence-electron chi connectivity index (χ1n) is 10.8. The quantitative estimate of drug-likeness (QED) is 0.753. The molecule has 2 aromatic carbocycles. The van der Waals surface area contributed by atoms with Crippen LogP contribution in [0.5, 0.6) is 0 Å². The Balaban J connectivity index is 1.32. The van der Waals surface area contributed by atoms with Crippen LogP contribution < -0.4 is 10.2 Å². The Hall–Kier alpha value is -3.15. The molecule has 1 aliphatic carbocycles. The molecule has 0 aromatic heterocycles. The number of hydrogen-bond acceptors (Lipinski definition) is 4. The lowest BCUT2D eigenvalue weighted by Crippen LogP contribution is -2.35. The summed E-state index contributed by atoms with van der Waals surface area (Å²) >= 11 is 0. The fourth-order valence-electron chi connectivity index (χ4n) is 4.52. The molecule has 0 spiro atoms. The number of aryl methyl sites for hydroxylation is 2. The number of nitrogens with zero attached hydrogens (tertiary/aromatic N) is 1. The van der Waals surface area contributed by atoms with Crippen molar-refractivity contribution in [1.82, 2.24) is 5.32 Å². The van der Waals surface area contributed by atoms with Crippen LogP contribution in [0.15, 0.2) is 42.5 Å². The van der Waals surface area contributed by atoms with Gasteiger partial charge in [-0.2, -0.15) is 0 Å². The van der Waals surface area contributed by atoms with Gasteiger partial charge in [0.05, 0.1) is 12.0 Å². The second kappa shape index (κ2) is 8.92. The summed E-state index contributed by atoms with van der Waals surface area (Å²) in [7, 11) is 0. The van der Waals surface area contributed by atoms with Crippen LogP contribution in [0.1, 0.15) is 47.6 Å². The van der Waals surface area contributed by atoms with E-state index in [1.165, 1.54) is 5.56 Å². The molecule has 6 heteroatoms. The van der Waals surface area contributed by atoms with Crippen molar-refractivity contribution in [2.75, 3.05) is 18.1 Å². The highest BCUT2D eigenvalue weighted by Gasteiger charge is 2.37. The maximum absolute atomic E-state index is 12.5. The number of carbonyl (C=O) groups is 3. The number of hydrogen-bond donors (Lipinski definition) is 1. The average molecular weight is 421 g/mol. The first kappa shape index (κ1) is 21.1. The van der Waals surface area contributed by atoms with Gasteiger partial charge in [0.25, 0.3) is 5.91 Å². The van der Waals surface area contributed by atoms with Crippen LogP contribution in [0.2, 0.25) is 0 Å². The van der Waals surface area contributed by atoms with E-state index in [2.05, 4.69) is 11.4 Å². The smallest absolute Gasteiger partial charge is 0.311 e. The van der Waals surface area contributed by atoms with E-state index >= 15 is 0 Å². The molecule has 2 aliphatic rings. The Morgan fingerprint density at radius 2 is 1.94 bits per heavy atom. The Morgan fingerprint density at radius 3 is 2.77 bits per heavy atom. The molecule has 31 heavy (non-hydrogen) atoms. The molecule has 2 amide bonds. The maximum atomic E-state index is 12.5. The number of rotatable bonds is 5. The third-order valence-electron chi connectivity index (χ3n) is 6.38. The van der Waals surface area contributed by atoms with E-state index < -0.39 is 11.9 Å². The topological polar surface area (TPSA) is 75.7 Å². The Morgan fingerprint density at radius 1 is 1.13 bits per heavy atom. The van der Waals surface area contributed by atoms with E-state index in [-0.39, 0.29) is 37.4 Å². The summed E-state index contributed by atoms with van der Waals surface area (Å²) in [4.78, 5) is 39.1. The largest absolute Gasteiger partial charge is 0.455 e. The van der Waals surface area contributed by atoms with Crippen molar-refractivity contribution < 1.29 is 19.1 Å². The van der Waals surface area contributed by atoms with E-state index in [4.69, 9.17) is 4.74 Å². The number of anilines is 1. The zero-order chi connectivity index (χ0) is 22.0. The molecule has 0 radical (unpaired) electrons. The van der Waals surface area contributed by atoms with E-state index in [0.717, 1.165) is 41.6 Å². The average Bonchev–Trinajstić information content (AvgIpc) is 3.16. The lowest BCUT2D eigenvalue weighted by atomic mass is 9.88. The minimum atomic E-state index is -0.560. The number of benzene rings is 2. The molecule has 1 aliphatic heterocycles. The number of esters is 1. The van der Waals surface area contributed by atoms with Gasteiger partial charge in [0.2, 0.25) is 5.91 Å². The molecule has 0 saturated carbocycles. The van der Waals surface area contributed by atoms with Crippen molar-refractivity contribution in [1.29, 1.82) is 0 Å². The van der Waals surface area contributed by atoms with E-state index in [1.54, 1.807) is 4.90 Å². The van der Waals surface area contributed by atoms with E-state index in [9.17, 15) is 14.4 Å². The molecule has 2 aromatic rings. The molecule has 2 atom stereocenters. The van der Waals surface area contributed by atoms with Gasteiger partial charge >= 0.3 is 5.97 Å². The third-order valence-corrected chi connectivity index (χ3v) is 6.38. The molecule has 1 heterocycles. The Kier molecular flexibility index (Phi) is 6.07. The first-order valence-corrected chi connectivity index (χ1v) is 10.8. The van der Waals surface area contributed by atoms with Crippen molar-refractivity contribution in [3.05, 3.63) is 64.7 Å². The molecule has 0 bridgehead atoms. The Bertz CT molecular complexity index is 1020. The SMILES string of the molecule is Cc1cccc(N2C[C@H](C(=O)OCC(=O)N[C@H]3CCCc4ccccc43)CC2=O)c1C. The van der Waals surface area contributed by atoms with E-state index in [1.807, 2.05) is 50.2 Å². The summed E-state index contributed by atoms with van der Waals surface area (Å²) in [6.45, 7) is 3.91. The summed E-state index contributed by atoms with van der Waals surface area (Å²) in [6.07, 6.45) is 3.01. The van der Waals surface area contributed by atoms with Gasteiger partial charge in [-0.25, -0.2) is 0 Å². The van der Waals surface area contributed by atoms with Crippen LogP contribution in [-0.2, 0) is 25.5 Å². The molecule has 162 valence electrons. The highest BCUT2D eigenvalue weighted by Crippen LogP contribution is 2.31. The monoisotopic (exact) mass is 420 g/mol. The predicted octanol–water partition coefficient (Wildman–Crippen LogP) is 3.39. The van der Waals surface area contributed by atoms with Gasteiger partial charge in [-0.3, -0.25) is 14.4 Å². The number of carbonyl (C=O) groups excluding carboxylic acids is 3. The highest BCUT2D eigenvalue weighted by molar-refractivity contribution is 6.00. The van der Waals surface area contributed by atoms with Crippen LogP contribution in [0.4, 0.5) is 5.69 Å². The van der Waals surface area contributed by atoms with Crippen molar-refractivity contribution >= 4 is 23.5 Å². The van der Waals surface area contributed by atoms with Gasteiger partial charge in [-0.1, -0.05) is 36.4 Å². The molecule has 0 unspecified atom stereocenters.